The quantitative estimate of drug-likeness (QED) is 0.496. The molecule has 0 aromatic heterocycles. The molecule has 0 aliphatic carbocycles. The van der Waals surface area contributed by atoms with Crippen LogP contribution in [0, 0.1) is 0 Å². The molecule has 0 bridgehead atoms. The van der Waals surface area contributed by atoms with Crippen LogP contribution in [0.25, 0.3) is 6.08 Å². The van der Waals surface area contributed by atoms with Crippen molar-refractivity contribution in [3.8, 4) is 0 Å². The Morgan fingerprint density at radius 2 is 2.00 bits per heavy atom. The summed E-state index contributed by atoms with van der Waals surface area (Å²) >= 11 is 5.58. The van der Waals surface area contributed by atoms with Gasteiger partial charge in [0.2, 0.25) is 0 Å². The molecule has 0 spiro atoms. The smallest absolute Gasteiger partial charge is 0.0623 e. The summed E-state index contributed by atoms with van der Waals surface area (Å²) in [5, 5.41) is 0. The van der Waals surface area contributed by atoms with Crippen LogP contribution in [0.3, 0.4) is 0 Å². The molecular weight excluding hydrogens is 172 g/mol. The van der Waals surface area contributed by atoms with E-state index in [1.54, 1.807) is 0 Å². The molecule has 0 unspecified atom stereocenters. The monoisotopic (exact) mass is 182 g/mol. The highest BCUT2D eigenvalue weighted by Crippen LogP contribution is 1.99. The lowest BCUT2D eigenvalue weighted by Crippen LogP contribution is -1.83. The van der Waals surface area contributed by atoms with Crippen LogP contribution in [-0.2, 0) is 0 Å². The predicted molar refractivity (Wildman–Crippen MR) is 54.7 cm³/mol. The van der Waals surface area contributed by atoms with E-state index in [9.17, 15) is 0 Å². The zero-order chi connectivity index (χ0) is 7.94. The first-order valence-electron chi connectivity index (χ1n) is 3.71. The van der Waals surface area contributed by atoms with Crippen molar-refractivity contribution in [3.63, 3.8) is 0 Å². The summed E-state index contributed by atoms with van der Waals surface area (Å²) < 4.78 is 0. The van der Waals surface area contributed by atoms with Crippen molar-refractivity contribution in [2.75, 3.05) is 5.50 Å². The number of halogens is 1. The van der Waals surface area contributed by atoms with Crippen LogP contribution >= 0.6 is 11.6 Å². The zero-order valence-electron chi connectivity index (χ0n) is 6.33. The fourth-order valence-electron chi connectivity index (χ4n) is 0.847. The molecule has 0 aliphatic rings. The van der Waals surface area contributed by atoms with Gasteiger partial charge in [0.25, 0.3) is 0 Å². The van der Waals surface area contributed by atoms with Crippen LogP contribution in [0.2, 0.25) is 0 Å². The molecule has 0 aliphatic heterocycles. The minimum absolute atomic E-state index is 0.137. The maximum Gasteiger partial charge on any atom is 0.0623 e. The Bertz CT molecular complexity index is 218. The number of rotatable bonds is 3. The molecule has 0 atom stereocenters. The molecule has 0 heterocycles. The standard InChI is InChI=1S/C9H11ClSi/c10-8-11-7-6-9-4-2-1-3-5-9/h1-7H,8,11H2. The SMILES string of the molecule is ClC[SiH2]C=Cc1ccccc1. The molecule has 0 saturated carbocycles. The van der Waals surface area contributed by atoms with Crippen LogP contribution in [0.4, 0.5) is 0 Å². The Morgan fingerprint density at radius 1 is 1.27 bits per heavy atom. The first-order valence-corrected chi connectivity index (χ1v) is 6.06. The fourth-order valence-corrected chi connectivity index (χ4v) is 1.79. The van der Waals surface area contributed by atoms with E-state index in [4.69, 9.17) is 11.6 Å². The third-order valence-corrected chi connectivity index (χ3v) is 2.83. The van der Waals surface area contributed by atoms with E-state index in [0.29, 0.717) is 0 Å². The molecule has 2 heteroatoms. The molecule has 0 amide bonds. The van der Waals surface area contributed by atoms with E-state index in [1.165, 1.54) is 5.56 Å². The zero-order valence-corrected chi connectivity index (χ0v) is 8.50. The number of hydrogen-bond donors (Lipinski definition) is 0. The Balaban J connectivity index is 2.50. The van der Waals surface area contributed by atoms with Crippen molar-refractivity contribution in [2.24, 2.45) is 0 Å². The first-order chi connectivity index (χ1) is 5.43. The second kappa shape index (κ2) is 5.16. The van der Waals surface area contributed by atoms with Gasteiger partial charge in [-0.2, -0.15) is 0 Å². The second-order valence-electron chi connectivity index (χ2n) is 2.29. The Labute approximate surface area is 74.7 Å². The van der Waals surface area contributed by atoms with Crippen molar-refractivity contribution in [1.82, 2.24) is 0 Å². The molecule has 0 nitrogen and oxygen atoms in total. The van der Waals surface area contributed by atoms with Gasteiger partial charge in [-0.25, -0.2) is 0 Å². The summed E-state index contributed by atoms with van der Waals surface area (Å²) in [5.41, 5.74) is 4.33. The molecule has 1 aromatic rings. The maximum absolute atomic E-state index is 5.58. The van der Waals surface area contributed by atoms with Gasteiger partial charge in [-0.05, 0) is 5.56 Å². The molecule has 11 heavy (non-hydrogen) atoms. The van der Waals surface area contributed by atoms with Crippen LogP contribution < -0.4 is 0 Å². The summed E-state index contributed by atoms with van der Waals surface area (Å²) in [4.78, 5) is 0. The highest BCUT2D eigenvalue weighted by atomic mass is 35.5. The lowest BCUT2D eigenvalue weighted by Gasteiger charge is -1.89. The van der Waals surface area contributed by atoms with Crippen molar-refractivity contribution < 1.29 is 0 Å². The maximum atomic E-state index is 5.58. The number of benzene rings is 1. The van der Waals surface area contributed by atoms with Crippen molar-refractivity contribution in [1.29, 1.82) is 0 Å². The van der Waals surface area contributed by atoms with Gasteiger partial charge in [0.05, 0.1) is 9.52 Å². The normalized spacial score (nSPS) is 11.7. The van der Waals surface area contributed by atoms with Crippen molar-refractivity contribution in [2.45, 2.75) is 0 Å². The van der Waals surface area contributed by atoms with Crippen LogP contribution in [0.5, 0.6) is 0 Å². The number of hydrogen-bond acceptors (Lipinski definition) is 0. The van der Waals surface area contributed by atoms with Crippen LogP contribution in [0.1, 0.15) is 5.56 Å². The van der Waals surface area contributed by atoms with E-state index in [-0.39, 0.29) is 9.52 Å². The largest absolute Gasteiger partial charge is 0.130 e. The Hall–Kier alpha value is -0.533. The predicted octanol–water partition coefficient (Wildman–Crippen LogP) is 2.02. The lowest BCUT2D eigenvalue weighted by molar-refractivity contribution is 1.66. The highest BCUT2D eigenvalue weighted by Gasteiger charge is 1.81. The molecule has 0 radical (unpaired) electrons. The average molecular weight is 183 g/mol. The Kier molecular flexibility index (Phi) is 4.02. The minimum Gasteiger partial charge on any atom is -0.130 e. The van der Waals surface area contributed by atoms with Gasteiger partial charge < -0.3 is 0 Å². The molecule has 0 fully saturated rings. The van der Waals surface area contributed by atoms with Crippen molar-refractivity contribution >= 4 is 27.2 Å². The summed E-state index contributed by atoms with van der Waals surface area (Å²) in [6.07, 6.45) is 2.15. The summed E-state index contributed by atoms with van der Waals surface area (Å²) in [6.45, 7) is 0. The molecule has 0 N–H and O–H groups in total. The minimum atomic E-state index is -0.137. The highest BCUT2D eigenvalue weighted by molar-refractivity contribution is 6.55. The molecule has 1 rings (SSSR count). The fraction of sp³-hybridized carbons (Fsp3) is 0.111. The topological polar surface area (TPSA) is 0 Å². The lowest BCUT2D eigenvalue weighted by atomic mass is 10.2. The second-order valence-corrected chi connectivity index (χ2v) is 4.85. The molecule has 0 saturated heterocycles. The van der Waals surface area contributed by atoms with Crippen LogP contribution in [-0.4, -0.2) is 15.0 Å². The van der Waals surface area contributed by atoms with Gasteiger partial charge in [0.1, 0.15) is 0 Å². The molecular formula is C9H11ClSi. The van der Waals surface area contributed by atoms with Gasteiger partial charge in [-0.1, -0.05) is 42.1 Å². The summed E-state index contributed by atoms with van der Waals surface area (Å²) in [5.74, 6) is 0. The number of alkyl halides is 1. The van der Waals surface area contributed by atoms with Gasteiger partial charge in [-0.15, -0.1) is 11.6 Å². The Morgan fingerprint density at radius 3 is 2.64 bits per heavy atom. The third kappa shape index (κ3) is 3.40. The van der Waals surface area contributed by atoms with E-state index in [1.807, 2.05) is 18.2 Å². The molecule has 58 valence electrons. The van der Waals surface area contributed by atoms with E-state index >= 15 is 0 Å². The summed E-state index contributed by atoms with van der Waals surface area (Å²) in [7, 11) is -0.137. The van der Waals surface area contributed by atoms with Crippen molar-refractivity contribution in [3.05, 3.63) is 41.6 Å². The van der Waals surface area contributed by atoms with E-state index in [2.05, 4.69) is 23.9 Å². The summed E-state index contributed by atoms with van der Waals surface area (Å²) in [6, 6.07) is 10.3. The van der Waals surface area contributed by atoms with Gasteiger partial charge in [-0.3, -0.25) is 0 Å². The van der Waals surface area contributed by atoms with Crippen LogP contribution in [0.15, 0.2) is 36.0 Å². The van der Waals surface area contributed by atoms with E-state index in [0.717, 1.165) is 5.50 Å². The molecule has 1 aromatic carbocycles. The van der Waals surface area contributed by atoms with Gasteiger partial charge >= 0.3 is 0 Å². The van der Waals surface area contributed by atoms with E-state index < -0.39 is 0 Å². The first kappa shape index (κ1) is 8.56. The van der Waals surface area contributed by atoms with Gasteiger partial charge in [0.15, 0.2) is 0 Å². The average Bonchev–Trinajstić information content (AvgIpc) is 2.07. The van der Waals surface area contributed by atoms with Gasteiger partial charge in [0, 0.05) is 5.50 Å². The third-order valence-electron chi connectivity index (χ3n) is 1.39.